The molecule has 1 heterocycles. The zero-order chi connectivity index (χ0) is 19.6. The highest BCUT2D eigenvalue weighted by molar-refractivity contribution is 7.85. The lowest BCUT2D eigenvalue weighted by molar-refractivity contribution is 1.32. The summed E-state index contributed by atoms with van der Waals surface area (Å²) in [5, 5.41) is 3.78. The quantitative estimate of drug-likeness (QED) is 0.307. The molecule has 3 rings (SSSR count). The maximum Gasteiger partial charge on any atom is 0.0776 e. The minimum Gasteiger partial charge on any atom is -0.256 e. The minimum atomic E-state index is -1.36. The number of hydrogen-bond donors (Lipinski definition) is 1. The summed E-state index contributed by atoms with van der Waals surface area (Å²) in [6, 6.07) is 18.9. The van der Waals surface area contributed by atoms with E-state index in [0.717, 1.165) is 27.8 Å². The first kappa shape index (κ1) is 19.4. The van der Waals surface area contributed by atoms with E-state index in [1.165, 1.54) is 10.6 Å². The number of hydrogen-bond acceptors (Lipinski definition) is 2. The van der Waals surface area contributed by atoms with Gasteiger partial charge < -0.3 is 0 Å². The molecular formula is C24H25NSSi. The monoisotopic (exact) mass is 387 g/mol. The van der Waals surface area contributed by atoms with Crippen LogP contribution in [0.25, 0.3) is 21.9 Å². The lowest BCUT2D eigenvalue weighted by atomic mass is 9.99. The predicted octanol–water partition coefficient (Wildman–Crippen LogP) is 6.32. The fourth-order valence-electron chi connectivity index (χ4n) is 3.09. The van der Waals surface area contributed by atoms with Crippen LogP contribution in [0.1, 0.15) is 11.3 Å². The lowest BCUT2D eigenvalue weighted by Crippen LogP contribution is -2.37. The summed E-state index contributed by atoms with van der Waals surface area (Å²) in [4.78, 5) is 5.33. The molecule has 0 atom stereocenters. The maximum absolute atomic E-state index is 4.62. The molecule has 3 aromatic rings. The number of rotatable bonds is 5. The van der Waals surface area contributed by atoms with E-state index in [1.54, 1.807) is 0 Å². The van der Waals surface area contributed by atoms with Crippen molar-refractivity contribution in [3.05, 3.63) is 96.2 Å². The highest BCUT2D eigenvalue weighted by Crippen LogP contribution is 2.30. The number of pyridine rings is 1. The topological polar surface area (TPSA) is 12.9 Å². The Morgan fingerprint density at radius 3 is 2.33 bits per heavy atom. The van der Waals surface area contributed by atoms with Gasteiger partial charge >= 0.3 is 0 Å². The fourth-order valence-corrected chi connectivity index (χ4v) is 4.46. The van der Waals surface area contributed by atoms with Crippen molar-refractivity contribution in [1.82, 2.24) is 4.98 Å². The zero-order valence-electron chi connectivity index (χ0n) is 16.2. The Labute approximate surface area is 168 Å². The molecular weight excluding hydrogens is 362 g/mol. The van der Waals surface area contributed by atoms with Crippen molar-refractivity contribution in [3.63, 3.8) is 0 Å². The van der Waals surface area contributed by atoms with Gasteiger partial charge in [-0.05, 0) is 34.2 Å². The second-order valence-electron chi connectivity index (χ2n) is 7.74. The molecule has 0 aliphatic heterocycles. The number of nitrogens with zero attached hydrogens (tertiary/aromatic N) is 1. The van der Waals surface area contributed by atoms with E-state index in [2.05, 4.69) is 86.8 Å². The van der Waals surface area contributed by atoms with Crippen molar-refractivity contribution in [2.45, 2.75) is 19.6 Å². The van der Waals surface area contributed by atoms with Crippen LogP contribution in [0.3, 0.4) is 0 Å². The first-order valence-corrected chi connectivity index (χ1v) is 13.0. The Balaban J connectivity index is 2.09. The van der Waals surface area contributed by atoms with Gasteiger partial charge in [0.25, 0.3) is 0 Å². The highest BCUT2D eigenvalue weighted by Gasteiger charge is 2.17. The smallest absolute Gasteiger partial charge is 0.0776 e. The fraction of sp³-hybridized carbons (Fsp3) is 0.125. The Morgan fingerprint density at radius 2 is 1.70 bits per heavy atom. The van der Waals surface area contributed by atoms with Crippen LogP contribution in [-0.4, -0.2) is 13.1 Å². The van der Waals surface area contributed by atoms with E-state index in [0.29, 0.717) is 4.91 Å². The summed E-state index contributed by atoms with van der Waals surface area (Å²) < 4.78 is 0. The van der Waals surface area contributed by atoms with Crippen molar-refractivity contribution in [1.29, 1.82) is 0 Å². The molecule has 1 nitrogen and oxygen atoms in total. The maximum atomic E-state index is 4.62. The molecule has 0 N–H and O–H groups in total. The molecule has 0 saturated carbocycles. The summed E-state index contributed by atoms with van der Waals surface area (Å²) >= 11 is 4.49. The van der Waals surface area contributed by atoms with Gasteiger partial charge in [0.15, 0.2) is 0 Å². The van der Waals surface area contributed by atoms with Gasteiger partial charge in [-0.25, -0.2) is 0 Å². The lowest BCUT2D eigenvalue weighted by Gasteiger charge is -2.18. The third-order valence-corrected chi connectivity index (χ3v) is 6.93. The first-order valence-electron chi connectivity index (χ1n) is 9.01. The predicted molar refractivity (Wildman–Crippen MR) is 126 cm³/mol. The van der Waals surface area contributed by atoms with Crippen LogP contribution in [0.5, 0.6) is 0 Å². The Bertz CT molecular complexity index is 1040. The summed E-state index contributed by atoms with van der Waals surface area (Å²) in [5.74, 6) is 0. The third kappa shape index (κ3) is 4.32. The van der Waals surface area contributed by atoms with Crippen LogP contribution in [0, 0.1) is 0 Å². The summed E-state index contributed by atoms with van der Waals surface area (Å²) in [7, 11) is -1.36. The number of benzene rings is 2. The van der Waals surface area contributed by atoms with Crippen LogP contribution in [-0.2, 0) is 0 Å². The number of thiol groups is 1. The Hall–Kier alpha value is -2.36. The molecule has 0 bridgehead atoms. The Morgan fingerprint density at radius 1 is 1.00 bits per heavy atom. The standard InChI is InChI=1S/C24H25NSSi/c1-17(15-23(18(2)26)19-9-7-6-8-10-19)24-22-12-11-21(27(3,4)5)16-20(22)13-14-25-24/h6-16,26H,1-2H2,3-5H3/b23-15+. The molecule has 1 aromatic heterocycles. The SMILES string of the molecule is C=C(S)/C(=C\C(=C)c1nccc2cc([Si](C)(C)C)ccc12)c1ccccc1. The molecule has 0 saturated heterocycles. The highest BCUT2D eigenvalue weighted by atomic mass is 32.1. The van der Waals surface area contributed by atoms with E-state index >= 15 is 0 Å². The molecule has 27 heavy (non-hydrogen) atoms. The first-order chi connectivity index (χ1) is 12.8. The van der Waals surface area contributed by atoms with Crippen LogP contribution in [0.2, 0.25) is 19.6 Å². The van der Waals surface area contributed by atoms with E-state index < -0.39 is 8.07 Å². The van der Waals surface area contributed by atoms with E-state index in [-0.39, 0.29) is 0 Å². The summed E-state index contributed by atoms with van der Waals surface area (Å²) in [5.41, 5.74) is 3.79. The largest absolute Gasteiger partial charge is 0.256 e. The van der Waals surface area contributed by atoms with E-state index in [4.69, 9.17) is 0 Å². The molecule has 0 spiro atoms. The van der Waals surface area contributed by atoms with Gasteiger partial charge in [0.1, 0.15) is 0 Å². The van der Waals surface area contributed by atoms with Crippen LogP contribution in [0.15, 0.2) is 84.9 Å². The average Bonchev–Trinajstić information content (AvgIpc) is 2.64. The second kappa shape index (κ2) is 7.71. The van der Waals surface area contributed by atoms with Gasteiger partial charge in [-0.1, -0.05) is 86.5 Å². The molecule has 0 fully saturated rings. The number of fused-ring (bicyclic) bond motifs is 1. The van der Waals surface area contributed by atoms with Crippen LogP contribution < -0.4 is 5.19 Å². The molecule has 3 heteroatoms. The van der Waals surface area contributed by atoms with Crippen molar-refractivity contribution in [3.8, 4) is 0 Å². The number of allylic oxidation sites excluding steroid dienone is 3. The van der Waals surface area contributed by atoms with Gasteiger partial charge in [0.2, 0.25) is 0 Å². The van der Waals surface area contributed by atoms with Gasteiger partial charge in [-0.15, -0.1) is 12.6 Å². The van der Waals surface area contributed by atoms with E-state index in [9.17, 15) is 0 Å². The van der Waals surface area contributed by atoms with Crippen LogP contribution >= 0.6 is 12.6 Å². The average molecular weight is 388 g/mol. The van der Waals surface area contributed by atoms with E-state index in [1.807, 2.05) is 30.5 Å². The number of aromatic nitrogens is 1. The van der Waals surface area contributed by atoms with Gasteiger partial charge in [0, 0.05) is 16.5 Å². The summed E-state index contributed by atoms with van der Waals surface area (Å²) in [6.07, 6.45) is 3.89. The minimum absolute atomic E-state index is 0.712. The molecule has 136 valence electrons. The molecule has 0 aliphatic rings. The van der Waals surface area contributed by atoms with Crippen molar-refractivity contribution < 1.29 is 0 Å². The molecule has 0 aliphatic carbocycles. The normalized spacial score (nSPS) is 12.2. The van der Waals surface area contributed by atoms with Crippen molar-refractivity contribution >= 4 is 47.8 Å². The van der Waals surface area contributed by atoms with Gasteiger partial charge in [0.05, 0.1) is 13.8 Å². The van der Waals surface area contributed by atoms with Gasteiger partial charge in [-0.2, -0.15) is 0 Å². The van der Waals surface area contributed by atoms with Gasteiger partial charge in [-0.3, -0.25) is 4.98 Å². The third-order valence-electron chi connectivity index (χ3n) is 4.65. The molecule has 0 amide bonds. The molecule has 0 radical (unpaired) electrons. The van der Waals surface area contributed by atoms with Crippen molar-refractivity contribution in [2.75, 3.05) is 0 Å². The Kier molecular flexibility index (Phi) is 5.54. The molecule has 2 aromatic carbocycles. The van der Waals surface area contributed by atoms with Crippen molar-refractivity contribution in [2.24, 2.45) is 0 Å². The summed E-state index contributed by atoms with van der Waals surface area (Å²) in [6.45, 7) is 15.4. The molecule has 0 unspecified atom stereocenters. The second-order valence-corrected chi connectivity index (χ2v) is 13.4. The zero-order valence-corrected chi connectivity index (χ0v) is 18.1. The van der Waals surface area contributed by atoms with Crippen LogP contribution in [0.4, 0.5) is 0 Å².